The predicted molar refractivity (Wildman–Crippen MR) is 61.3 cm³/mol. The van der Waals surface area contributed by atoms with Crippen LogP contribution >= 0.6 is 0 Å². The van der Waals surface area contributed by atoms with E-state index in [1.54, 1.807) is 17.0 Å². The third-order valence-electron chi connectivity index (χ3n) is 2.82. The maximum Gasteiger partial charge on any atom is 0.489 e. The summed E-state index contributed by atoms with van der Waals surface area (Å²) in [4.78, 5) is 13.7. The Hall–Kier alpha value is -1.33. The number of hydrogen-bond acceptors (Lipinski definition) is 3. The second-order valence-electron chi connectivity index (χ2n) is 3.98. The van der Waals surface area contributed by atoms with Crippen LogP contribution in [0.4, 0.5) is 0 Å². The lowest BCUT2D eigenvalue weighted by atomic mass is 9.76. The molecule has 0 aromatic heterocycles. The summed E-state index contributed by atoms with van der Waals surface area (Å²) in [6.45, 7) is 3.29. The molecule has 1 heterocycles. The molecular formula is C11H14BNO3. The molecule has 1 aliphatic rings. The van der Waals surface area contributed by atoms with Crippen molar-refractivity contribution < 1.29 is 14.8 Å². The summed E-state index contributed by atoms with van der Waals surface area (Å²) in [6, 6.07) is 5.18. The van der Waals surface area contributed by atoms with Crippen molar-refractivity contribution in [2.24, 2.45) is 0 Å². The van der Waals surface area contributed by atoms with Crippen molar-refractivity contribution in [3.05, 3.63) is 29.3 Å². The highest BCUT2D eigenvalue weighted by atomic mass is 16.4. The van der Waals surface area contributed by atoms with E-state index in [0.29, 0.717) is 24.1 Å². The molecule has 16 heavy (non-hydrogen) atoms. The molecule has 2 rings (SSSR count). The monoisotopic (exact) mass is 219 g/mol. The average Bonchev–Trinajstić information content (AvgIpc) is 2.57. The lowest BCUT2D eigenvalue weighted by Crippen LogP contribution is -2.36. The topological polar surface area (TPSA) is 60.8 Å². The summed E-state index contributed by atoms with van der Waals surface area (Å²) in [5.74, 6) is -0.0967. The first-order valence-electron chi connectivity index (χ1n) is 5.42. The first-order valence-corrected chi connectivity index (χ1v) is 5.42. The molecule has 0 bridgehead atoms. The fourth-order valence-corrected chi connectivity index (χ4v) is 2.11. The van der Waals surface area contributed by atoms with E-state index in [-0.39, 0.29) is 5.91 Å². The Morgan fingerprint density at radius 3 is 2.81 bits per heavy atom. The Morgan fingerprint density at radius 1 is 1.44 bits per heavy atom. The standard InChI is InChI=1S/C11H14BNO3/c1-2-6-13-7-8-4-3-5-9(12(15)16)10(8)11(13)14/h3-5,15-16H,2,6-7H2,1H3. The SMILES string of the molecule is CCCN1Cc2cccc(B(O)O)c2C1=O. The third-order valence-corrected chi connectivity index (χ3v) is 2.82. The van der Waals surface area contributed by atoms with Crippen LogP contribution in [0, 0.1) is 0 Å². The molecule has 0 saturated carbocycles. The Labute approximate surface area is 94.7 Å². The highest BCUT2D eigenvalue weighted by molar-refractivity contribution is 6.60. The fraction of sp³-hybridized carbons (Fsp3) is 0.364. The van der Waals surface area contributed by atoms with Crippen molar-refractivity contribution in [3.63, 3.8) is 0 Å². The van der Waals surface area contributed by atoms with Crippen LogP contribution < -0.4 is 5.46 Å². The molecule has 2 N–H and O–H groups in total. The lowest BCUT2D eigenvalue weighted by molar-refractivity contribution is 0.0779. The number of rotatable bonds is 3. The van der Waals surface area contributed by atoms with Gasteiger partial charge in [0.2, 0.25) is 0 Å². The van der Waals surface area contributed by atoms with Gasteiger partial charge in [-0.2, -0.15) is 0 Å². The van der Waals surface area contributed by atoms with Crippen LogP contribution in [0.25, 0.3) is 0 Å². The Kier molecular flexibility index (Phi) is 2.98. The quantitative estimate of drug-likeness (QED) is 0.688. The van der Waals surface area contributed by atoms with Gasteiger partial charge in [-0.25, -0.2) is 0 Å². The summed E-state index contributed by atoms with van der Waals surface area (Å²) >= 11 is 0. The largest absolute Gasteiger partial charge is 0.489 e. The van der Waals surface area contributed by atoms with E-state index in [9.17, 15) is 14.8 Å². The molecular weight excluding hydrogens is 205 g/mol. The van der Waals surface area contributed by atoms with E-state index in [1.165, 1.54) is 0 Å². The summed E-state index contributed by atoms with van der Waals surface area (Å²) in [5.41, 5.74) is 1.65. The van der Waals surface area contributed by atoms with Crippen molar-refractivity contribution in [1.29, 1.82) is 0 Å². The van der Waals surface area contributed by atoms with Crippen molar-refractivity contribution >= 4 is 18.5 Å². The molecule has 0 unspecified atom stereocenters. The van der Waals surface area contributed by atoms with E-state index in [0.717, 1.165) is 12.0 Å². The molecule has 0 atom stereocenters. The van der Waals surface area contributed by atoms with Crippen molar-refractivity contribution in [1.82, 2.24) is 4.90 Å². The maximum atomic E-state index is 12.0. The van der Waals surface area contributed by atoms with Gasteiger partial charge in [0.25, 0.3) is 5.91 Å². The summed E-state index contributed by atoms with van der Waals surface area (Å²) in [6.07, 6.45) is 0.900. The van der Waals surface area contributed by atoms with E-state index < -0.39 is 7.12 Å². The number of hydrogen-bond donors (Lipinski definition) is 2. The molecule has 1 amide bonds. The Morgan fingerprint density at radius 2 is 2.19 bits per heavy atom. The first-order chi connectivity index (χ1) is 7.65. The van der Waals surface area contributed by atoms with Crippen molar-refractivity contribution in [2.75, 3.05) is 6.54 Å². The van der Waals surface area contributed by atoms with Gasteiger partial charge < -0.3 is 14.9 Å². The smallest absolute Gasteiger partial charge is 0.423 e. The second-order valence-corrected chi connectivity index (χ2v) is 3.98. The van der Waals surface area contributed by atoms with E-state index >= 15 is 0 Å². The Balaban J connectivity index is 2.40. The van der Waals surface area contributed by atoms with Gasteiger partial charge in [-0.05, 0) is 17.4 Å². The van der Waals surface area contributed by atoms with Gasteiger partial charge in [0, 0.05) is 18.7 Å². The van der Waals surface area contributed by atoms with Gasteiger partial charge in [-0.15, -0.1) is 0 Å². The van der Waals surface area contributed by atoms with E-state index in [4.69, 9.17) is 0 Å². The molecule has 5 heteroatoms. The highest BCUT2D eigenvalue weighted by Gasteiger charge is 2.31. The summed E-state index contributed by atoms with van der Waals surface area (Å²) in [5, 5.41) is 18.4. The molecule has 4 nitrogen and oxygen atoms in total. The van der Waals surface area contributed by atoms with E-state index in [1.807, 2.05) is 13.0 Å². The number of nitrogens with zero attached hydrogens (tertiary/aromatic N) is 1. The van der Waals surface area contributed by atoms with Gasteiger partial charge in [0.15, 0.2) is 0 Å². The summed E-state index contributed by atoms with van der Waals surface area (Å²) in [7, 11) is -1.58. The first kappa shape index (κ1) is 11.2. The van der Waals surface area contributed by atoms with Gasteiger partial charge in [0.1, 0.15) is 0 Å². The van der Waals surface area contributed by atoms with Crippen LogP contribution in [-0.4, -0.2) is 34.5 Å². The zero-order chi connectivity index (χ0) is 11.7. The number of amides is 1. The summed E-state index contributed by atoms with van der Waals surface area (Å²) < 4.78 is 0. The van der Waals surface area contributed by atoms with Gasteiger partial charge in [0.05, 0.1) is 0 Å². The lowest BCUT2D eigenvalue weighted by Gasteiger charge is -2.13. The normalized spacial score (nSPS) is 14.2. The fourth-order valence-electron chi connectivity index (χ4n) is 2.11. The molecule has 0 spiro atoms. The van der Waals surface area contributed by atoms with E-state index in [2.05, 4.69) is 0 Å². The molecule has 0 aliphatic carbocycles. The minimum atomic E-state index is -1.58. The molecule has 0 saturated heterocycles. The van der Waals surface area contributed by atoms with Gasteiger partial charge in [-0.1, -0.05) is 25.1 Å². The minimum Gasteiger partial charge on any atom is -0.423 e. The maximum absolute atomic E-state index is 12.0. The predicted octanol–water partition coefficient (Wildman–Crippen LogP) is -0.268. The minimum absolute atomic E-state index is 0.0967. The number of fused-ring (bicyclic) bond motifs is 1. The van der Waals surface area contributed by atoms with Crippen molar-refractivity contribution in [2.45, 2.75) is 19.9 Å². The number of benzene rings is 1. The molecule has 84 valence electrons. The average molecular weight is 219 g/mol. The molecule has 1 aliphatic heterocycles. The van der Waals surface area contributed by atoms with Crippen LogP contribution in [0.3, 0.4) is 0 Å². The van der Waals surface area contributed by atoms with Gasteiger partial charge >= 0.3 is 7.12 Å². The van der Waals surface area contributed by atoms with Gasteiger partial charge in [-0.3, -0.25) is 4.79 Å². The molecule has 0 fully saturated rings. The second kappa shape index (κ2) is 4.27. The van der Waals surface area contributed by atoms with Crippen molar-refractivity contribution in [3.8, 4) is 0 Å². The van der Waals surface area contributed by atoms with Crippen LogP contribution in [0.5, 0.6) is 0 Å². The van der Waals surface area contributed by atoms with Crippen LogP contribution in [0.1, 0.15) is 29.3 Å². The number of carbonyl (C=O) groups is 1. The third kappa shape index (κ3) is 1.72. The van der Waals surface area contributed by atoms with Crippen LogP contribution in [-0.2, 0) is 6.54 Å². The molecule has 1 aromatic rings. The highest BCUT2D eigenvalue weighted by Crippen LogP contribution is 2.21. The number of carbonyl (C=O) groups excluding carboxylic acids is 1. The molecule has 1 aromatic carbocycles. The zero-order valence-electron chi connectivity index (χ0n) is 9.18. The van der Waals surface area contributed by atoms with Crippen LogP contribution in [0.15, 0.2) is 18.2 Å². The van der Waals surface area contributed by atoms with Crippen LogP contribution in [0.2, 0.25) is 0 Å². The zero-order valence-corrected chi connectivity index (χ0v) is 9.18. The Bertz CT molecular complexity index is 420. The molecule has 0 radical (unpaired) electrons.